The van der Waals surface area contributed by atoms with Gasteiger partial charge in [0, 0.05) is 11.8 Å². The number of thioether (sulfide) groups is 1. The Bertz CT molecular complexity index is 555. The summed E-state index contributed by atoms with van der Waals surface area (Å²) in [5.74, 6) is 1.39. The van der Waals surface area contributed by atoms with E-state index in [0.717, 1.165) is 5.56 Å². The topological polar surface area (TPSA) is 104 Å². The summed E-state index contributed by atoms with van der Waals surface area (Å²) < 4.78 is 0. The van der Waals surface area contributed by atoms with Crippen molar-refractivity contribution in [2.75, 3.05) is 17.2 Å². The molecule has 0 bridgehead atoms. The van der Waals surface area contributed by atoms with Crippen LogP contribution in [-0.4, -0.2) is 9.97 Å². The third-order valence-electron chi connectivity index (χ3n) is 2.17. The summed E-state index contributed by atoms with van der Waals surface area (Å²) in [7, 11) is 0. The van der Waals surface area contributed by atoms with Crippen LogP contribution in [0.4, 0.5) is 17.3 Å². The first-order valence-electron chi connectivity index (χ1n) is 5.11. The number of hydrogen-bond donors (Lipinski definition) is 3. The molecule has 0 radical (unpaired) electrons. The molecular weight excluding hydrogens is 270 g/mol. The first kappa shape index (κ1) is 12.8. The lowest BCUT2D eigenvalue weighted by atomic mass is 10.2. The molecule has 1 heterocycles. The van der Waals surface area contributed by atoms with E-state index in [-0.39, 0.29) is 0 Å². The Kier molecular flexibility index (Phi) is 3.78. The van der Waals surface area contributed by atoms with Gasteiger partial charge in [0.25, 0.3) is 0 Å². The molecule has 6 N–H and O–H groups in total. The van der Waals surface area contributed by atoms with Crippen molar-refractivity contribution in [3.05, 3.63) is 34.9 Å². The monoisotopic (exact) mass is 281 g/mol. The largest absolute Gasteiger partial charge is 0.398 e. The molecule has 0 aliphatic heterocycles. The van der Waals surface area contributed by atoms with Crippen LogP contribution in [-0.2, 0) is 5.75 Å². The highest BCUT2D eigenvalue weighted by Gasteiger charge is 2.04. The van der Waals surface area contributed by atoms with Gasteiger partial charge < -0.3 is 17.2 Å². The Morgan fingerprint density at radius 3 is 2.33 bits per heavy atom. The van der Waals surface area contributed by atoms with Crippen molar-refractivity contribution in [2.24, 2.45) is 0 Å². The molecule has 1 aromatic heterocycles. The average Bonchev–Trinajstić information content (AvgIpc) is 2.29. The molecule has 0 spiro atoms. The van der Waals surface area contributed by atoms with Crippen LogP contribution in [0.3, 0.4) is 0 Å². The molecule has 0 saturated heterocycles. The standard InChI is InChI=1S/C11H12ClN5S/c12-7-2-1-6(3-8(7)13)5-18-11-16-9(14)4-10(15)17-11/h1-4H,5,13H2,(H4,14,15,16,17). The van der Waals surface area contributed by atoms with Gasteiger partial charge in [-0.25, -0.2) is 9.97 Å². The van der Waals surface area contributed by atoms with Crippen LogP contribution in [0.1, 0.15) is 5.56 Å². The fourth-order valence-electron chi connectivity index (χ4n) is 1.36. The van der Waals surface area contributed by atoms with Crippen LogP contribution in [0, 0.1) is 0 Å². The van der Waals surface area contributed by atoms with Crippen molar-refractivity contribution in [2.45, 2.75) is 10.9 Å². The van der Waals surface area contributed by atoms with Crippen LogP contribution in [0.15, 0.2) is 29.4 Å². The SMILES string of the molecule is Nc1cc(N)nc(SCc2ccc(Cl)c(N)c2)n1. The highest BCUT2D eigenvalue weighted by Crippen LogP contribution is 2.25. The Morgan fingerprint density at radius 2 is 1.72 bits per heavy atom. The van der Waals surface area contributed by atoms with Crippen molar-refractivity contribution < 1.29 is 0 Å². The summed E-state index contributed by atoms with van der Waals surface area (Å²) in [4.78, 5) is 8.16. The molecule has 0 fully saturated rings. The Labute approximate surface area is 114 Å². The molecule has 0 atom stereocenters. The molecule has 0 aliphatic carbocycles. The summed E-state index contributed by atoms with van der Waals surface area (Å²) in [5, 5.41) is 1.09. The number of hydrogen-bond acceptors (Lipinski definition) is 6. The normalized spacial score (nSPS) is 10.5. The third kappa shape index (κ3) is 3.18. The molecule has 94 valence electrons. The minimum atomic E-state index is 0.362. The summed E-state index contributed by atoms with van der Waals surface area (Å²) in [5.41, 5.74) is 18.5. The van der Waals surface area contributed by atoms with Crippen molar-refractivity contribution in [1.29, 1.82) is 0 Å². The summed E-state index contributed by atoms with van der Waals surface area (Å²) in [6.45, 7) is 0. The predicted molar refractivity (Wildman–Crippen MR) is 76.3 cm³/mol. The van der Waals surface area contributed by atoms with Gasteiger partial charge >= 0.3 is 0 Å². The maximum absolute atomic E-state index is 5.85. The molecule has 2 rings (SSSR count). The Morgan fingerprint density at radius 1 is 1.06 bits per heavy atom. The zero-order valence-electron chi connectivity index (χ0n) is 9.43. The lowest BCUT2D eigenvalue weighted by Gasteiger charge is -2.04. The van der Waals surface area contributed by atoms with Crippen LogP contribution >= 0.6 is 23.4 Å². The van der Waals surface area contributed by atoms with Gasteiger partial charge in [0.15, 0.2) is 5.16 Å². The Hall–Kier alpha value is -1.66. The number of rotatable bonds is 3. The third-order valence-corrected chi connectivity index (χ3v) is 3.44. The van der Waals surface area contributed by atoms with Gasteiger partial charge in [-0.2, -0.15) is 0 Å². The second-order valence-corrected chi connectivity index (χ2v) is 4.99. The summed E-state index contributed by atoms with van der Waals surface area (Å²) in [6.07, 6.45) is 0. The molecule has 1 aromatic carbocycles. The zero-order valence-corrected chi connectivity index (χ0v) is 11.0. The van der Waals surface area contributed by atoms with Crippen LogP contribution < -0.4 is 17.2 Å². The van der Waals surface area contributed by atoms with Crippen molar-refractivity contribution in [1.82, 2.24) is 9.97 Å². The minimum absolute atomic E-state index is 0.362. The zero-order chi connectivity index (χ0) is 13.1. The molecule has 0 aliphatic rings. The van der Waals surface area contributed by atoms with Gasteiger partial charge in [-0.15, -0.1) is 0 Å². The van der Waals surface area contributed by atoms with E-state index < -0.39 is 0 Å². The fourth-order valence-corrected chi connectivity index (χ4v) is 2.29. The van der Waals surface area contributed by atoms with Crippen molar-refractivity contribution in [3.63, 3.8) is 0 Å². The molecule has 18 heavy (non-hydrogen) atoms. The highest BCUT2D eigenvalue weighted by atomic mass is 35.5. The number of nitrogen functional groups attached to an aromatic ring is 3. The molecule has 5 nitrogen and oxygen atoms in total. The minimum Gasteiger partial charge on any atom is -0.398 e. The molecule has 2 aromatic rings. The molecular formula is C11H12ClN5S. The van der Waals surface area contributed by atoms with E-state index in [4.69, 9.17) is 28.8 Å². The summed E-state index contributed by atoms with van der Waals surface area (Å²) >= 11 is 7.29. The Balaban J connectivity index is 2.08. The van der Waals surface area contributed by atoms with Gasteiger partial charge in [0.05, 0.1) is 10.7 Å². The van der Waals surface area contributed by atoms with Gasteiger partial charge in [0.2, 0.25) is 0 Å². The van der Waals surface area contributed by atoms with Gasteiger partial charge in [-0.1, -0.05) is 29.4 Å². The van der Waals surface area contributed by atoms with Crippen molar-refractivity contribution in [3.8, 4) is 0 Å². The van der Waals surface area contributed by atoms with E-state index in [9.17, 15) is 0 Å². The number of aromatic nitrogens is 2. The lowest BCUT2D eigenvalue weighted by molar-refractivity contribution is 0.984. The van der Waals surface area contributed by atoms with Crippen LogP contribution in [0.5, 0.6) is 0 Å². The number of halogens is 1. The predicted octanol–water partition coefficient (Wildman–Crippen LogP) is 2.17. The number of benzene rings is 1. The van der Waals surface area contributed by atoms with Gasteiger partial charge in [-0.05, 0) is 17.7 Å². The second kappa shape index (κ2) is 5.32. The fraction of sp³-hybridized carbons (Fsp3) is 0.0909. The quantitative estimate of drug-likeness (QED) is 0.452. The first-order valence-corrected chi connectivity index (χ1v) is 6.47. The number of nitrogens with zero attached hydrogens (tertiary/aromatic N) is 2. The number of anilines is 3. The van der Waals surface area contributed by atoms with Crippen LogP contribution in [0.2, 0.25) is 5.02 Å². The highest BCUT2D eigenvalue weighted by molar-refractivity contribution is 7.98. The molecule has 0 unspecified atom stereocenters. The van der Waals surface area contributed by atoms with Crippen molar-refractivity contribution >= 4 is 40.7 Å². The van der Waals surface area contributed by atoms with Crippen LogP contribution in [0.25, 0.3) is 0 Å². The number of nitrogens with two attached hydrogens (primary N) is 3. The maximum atomic E-state index is 5.85. The average molecular weight is 282 g/mol. The lowest BCUT2D eigenvalue weighted by Crippen LogP contribution is -1.99. The van der Waals surface area contributed by atoms with E-state index in [1.807, 2.05) is 12.1 Å². The molecule has 0 amide bonds. The van der Waals surface area contributed by atoms with E-state index >= 15 is 0 Å². The van der Waals surface area contributed by atoms with Gasteiger partial charge in [0.1, 0.15) is 11.6 Å². The molecule has 0 saturated carbocycles. The van der Waals surface area contributed by atoms with E-state index in [1.165, 1.54) is 17.8 Å². The maximum Gasteiger partial charge on any atom is 0.191 e. The van der Waals surface area contributed by atoms with Gasteiger partial charge in [-0.3, -0.25) is 0 Å². The summed E-state index contributed by atoms with van der Waals surface area (Å²) in [6, 6.07) is 7.01. The van der Waals surface area contributed by atoms with E-state index in [0.29, 0.717) is 33.3 Å². The second-order valence-electron chi connectivity index (χ2n) is 3.64. The van der Waals surface area contributed by atoms with E-state index in [2.05, 4.69) is 9.97 Å². The first-order chi connectivity index (χ1) is 8.54. The smallest absolute Gasteiger partial charge is 0.191 e. The van der Waals surface area contributed by atoms with E-state index in [1.54, 1.807) is 6.07 Å². The molecule has 7 heteroatoms.